The normalized spacial score (nSPS) is 13.4. The quantitative estimate of drug-likeness (QED) is 0.721. The van der Waals surface area contributed by atoms with Crippen molar-refractivity contribution in [3.8, 4) is 0 Å². The predicted molar refractivity (Wildman–Crippen MR) is 56.9 cm³/mol. The van der Waals surface area contributed by atoms with E-state index in [9.17, 15) is 17.4 Å². The summed E-state index contributed by atoms with van der Waals surface area (Å²) < 4.78 is 33.6. The molecule has 0 fully saturated rings. The second kappa shape index (κ2) is 4.67. The Morgan fingerprint density at radius 2 is 1.80 bits per heavy atom. The van der Waals surface area contributed by atoms with Crippen molar-refractivity contribution >= 4 is 26.9 Å². The zero-order chi connectivity index (χ0) is 11.5. The molecule has 0 amide bonds. The van der Waals surface area contributed by atoms with Gasteiger partial charge >= 0.3 is 0 Å². The number of benzene rings is 1. The van der Waals surface area contributed by atoms with Crippen LogP contribution in [0.5, 0.6) is 0 Å². The molecule has 0 aromatic heterocycles. The second-order valence-corrected chi connectivity index (χ2v) is 6.43. The number of aldehydes is 1. The van der Waals surface area contributed by atoms with E-state index in [0.29, 0.717) is 11.2 Å². The van der Waals surface area contributed by atoms with Gasteiger partial charge in [0.25, 0.3) is 0 Å². The molecule has 0 saturated heterocycles. The molecular formula is C9H10O4S2. The van der Waals surface area contributed by atoms with Crippen LogP contribution >= 0.6 is 0 Å². The van der Waals surface area contributed by atoms with Crippen LogP contribution in [0.25, 0.3) is 0 Å². The third-order valence-corrected chi connectivity index (χ3v) is 4.10. The molecule has 0 aliphatic rings. The maximum atomic E-state index is 11.3. The molecule has 1 atom stereocenters. The van der Waals surface area contributed by atoms with Gasteiger partial charge in [0.1, 0.15) is 6.29 Å². The summed E-state index contributed by atoms with van der Waals surface area (Å²) in [7, 11) is -4.61. The number of hydrogen-bond donors (Lipinski definition) is 0. The molecule has 1 unspecified atom stereocenters. The van der Waals surface area contributed by atoms with Gasteiger partial charge in [0.15, 0.2) is 9.84 Å². The van der Waals surface area contributed by atoms with E-state index in [4.69, 9.17) is 0 Å². The van der Waals surface area contributed by atoms with Gasteiger partial charge in [0.05, 0.1) is 21.4 Å². The molecule has 1 aromatic carbocycles. The Morgan fingerprint density at radius 3 is 2.20 bits per heavy atom. The van der Waals surface area contributed by atoms with E-state index < -0.39 is 20.6 Å². The summed E-state index contributed by atoms with van der Waals surface area (Å²) in [6.07, 6.45) is 1.67. The molecule has 6 heteroatoms. The highest BCUT2D eigenvalue weighted by atomic mass is 32.2. The van der Waals surface area contributed by atoms with Gasteiger partial charge < -0.3 is 4.79 Å². The molecule has 1 rings (SSSR count). The molecule has 1 aromatic rings. The highest BCUT2D eigenvalue weighted by Crippen LogP contribution is 2.12. The molecule has 4 nitrogen and oxygen atoms in total. The maximum Gasteiger partial charge on any atom is 0.175 e. The molecule has 0 saturated carbocycles. The molecular weight excluding hydrogens is 236 g/mol. The minimum Gasteiger partial charge on any atom is -0.302 e. The van der Waals surface area contributed by atoms with Crippen LogP contribution in [0.1, 0.15) is 0 Å². The smallest absolute Gasteiger partial charge is 0.175 e. The standard InChI is InChI=1S/C9H10O4S2/c1-15(12,13)9-4-2-8(3-5-9)14(11)7-6-10/h2-6H,7H2,1H3. The van der Waals surface area contributed by atoms with Crippen LogP contribution in [0, 0.1) is 0 Å². The first kappa shape index (κ1) is 12.1. The fourth-order valence-electron chi connectivity index (χ4n) is 0.997. The van der Waals surface area contributed by atoms with Crippen molar-refractivity contribution in [1.29, 1.82) is 0 Å². The van der Waals surface area contributed by atoms with Gasteiger partial charge in [-0.15, -0.1) is 0 Å². The summed E-state index contributed by atoms with van der Waals surface area (Å²) in [5.74, 6) is -0.0712. The Balaban J connectivity index is 3.00. The molecule has 15 heavy (non-hydrogen) atoms. The summed E-state index contributed by atoms with van der Waals surface area (Å²) in [5, 5.41) is 0. The number of carbonyl (C=O) groups excluding carboxylic acids is 1. The number of carbonyl (C=O) groups is 1. The zero-order valence-corrected chi connectivity index (χ0v) is 9.68. The van der Waals surface area contributed by atoms with E-state index in [0.717, 1.165) is 6.26 Å². The van der Waals surface area contributed by atoms with Crippen molar-refractivity contribution in [2.24, 2.45) is 0 Å². The topological polar surface area (TPSA) is 68.3 Å². The molecule has 0 radical (unpaired) electrons. The molecule has 82 valence electrons. The van der Waals surface area contributed by atoms with Gasteiger partial charge in [-0.05, 0) is 24.3 Å². The first-order valence-electron chi connectivity index (χ1n) is 4.07. The van der Waals surface area contributed by atoms with E-state index in [2.05, 4.69) is 0 Å². The van der Waals surface area contributed by atoms with Gasteiger partial charge in [-0.1, -0.05) is 0 Å². The third-order valence-electron chi connectivity index (χ3n) is 1.73. The van der Waals surface area contributed by atoms with Crippen molar-refractivity contribution in [3.05, 3.63) is 24.3 Å². The first-order valence-corrected chi connectivity index (χ1v) is 7.28. The minimum atomic E-state index is -3.23. The van der Waals surface area contributed by atoms with Gasteiger partial charge in [-0.25, -0.2) is 8.42 Å². The average Bonchev–Trinajstić information content (AvgIpc) is 2.17. The lowest BCUT2D eigenvalue weighted by molar-refractivity contribution is -0.105. The van der Waals surface area contributed by atoms with Crippen LogP contribution < -0.4 is 0 Å². The van der Waals surface area contributed by atoms with Crippen LogP contribution in [0.4, 0.5) is 0 Å². The summed E-state index contributed by atoms with van der Waals surface area (Å²) in [6.45, 7) is 0. The Labute approximate surface area is 90.7 Å². The molecule has 0 aliphatic carbocycles. The average molecular weight is 246 g/mol. The van der Waals surface area contributed by atoms with Crippen molar-refractivity contribution in [1.82, 2.24) is 0 Å². The third kappa shape index (κ3) is 3.24. The zero-order valence-electron chi connectivity index (χ0n) is 8.04. The minimum absolute atomic E-state index is 0.0712. The number of hydrogen-bond acceptors (Lipinski definition) is 4. The Hall–Kier alpha value is -1.01. The van der Waals surface area contributed by atoms with Crippen molar-refractivity contribution < 1.29 is 17.4 Å². The first-order chi connectivity index (χ1) is 6.95. The summed E-state index contributed by atoms with van der Waals surface area (Å²) in [4.78, 5) is 10.8. The summed E-state index contributed by atoms with van der Waals surface area (Å²) >= 11 is 0. The molecule has 0 N–H and O–H groups in total. The molecule has 0 aliphatic heterocycles. The van der Waals surface area contributed by atoms with E-state index in [-0.39, 0.29) is 10.6 Å². The van der Waals surface area contributed by atoms with Crippen molar-refractivity contribution in [2.75, 3.05) is 12.0 Å². The van der Waals surface area contributed by atoms with E-state index >= 15 is 0 Å². The predicted octanol–water partition coefficient (Wildman–Crippen LogP) is 0.397. The van der Waals surface area contributed by atoms with Crippen LogP contribution in [-0.4, -0.2) is 30.9 Å². The van der Waals surface area contributed by atoms with Crippen LogP contribution in [0.15, 0.2) is 34.1 Å². The van der Waals surface area contributed by atoms with Gasteiger partial charge in [-0.2, -0.15) is 0 Å². The van der Waals surface area contributed by atoms with Gasteiger partial charge in [0, 0.05) is 11.2 Å². The highest BCUT2D eigenvalue weighted by Gasteiger charge is 2.08. The lowest BCUT2D eigenvalue weighted by Gasteiger charge is -2.00. The largest absolute Gasteiger partial charge is 0.302 e. The molecule has 0 spiro atoms. The number of rotatable bonds is 4. The fourth-order valence-corrected chi connectivity index (χ4v) is 2.38. The van der Waals surface area contributed by atoms with Crippen LogP contribution in [0.3, 0.4) is 0 Å². The Kier molecular flexibility index (Phi) is 3.76. The van der Waals surface area contributed by atoms with Crippen molar-refractivity contribution in [3.63, 3.8) is 0 Å². The maximum absolute atomic E-state index is 11.3. The Bertz CT molecular complexity index is 473. The monoisotopic (exact) mass is 246 g/mol. The summed E-state index contributed by atoms with van der Waals surface area (Å²) in [5.41, 5.74) is 0. The van der Waals surface area contributed by atoms with E-state index in [1.54, 1.807) is 0 Å². The second-order valence-electron chi connectivity index (χ2n) is 2.92. The fraction of sp³-hybridized carbons (Fsp3) is 0.222. The summed E-state index contributed by atoms with van der Waals surface area (Å²) in [6, 6.07) is 5.67. The number of sulfone groups is 1. The molecule has 0 heterocycles. The van der Waals surface area contributed by atoms with Crippen molar-refractivity contribution in [2.45, 2.75) is 9.79 Å². The lowest BCUT2D eigenvalue weighted by atomic mass is 10.4. The van der Waals surface area contributed by atoms with E-state index in [1.807, 2.05) is 0 Å². The van der Waals surface area contributed by atoms with Gasteiger partial charge in [0.2, 0.25) is 0 Å². The van der Waals surface area contributed by atoms with Crippen LogP contribution in [0.2, 0.25) is 0 Å². The van der Waals surface area contributed by atoms with E-state index in [1.165, 1.54) is 24.3 Å². The Morgan fingerprint density at radius 1 is 1.27 bits per heavy atom. The SMILES string of the molecule is CS(=O)(=O)c1ccc(S(=O)CC=O)cc1. The van der Waals surface area contributed by atoms with Gasteiger partial charge in [-0.3, -0.25) is 4.21 Å². The lowest BCUT2D eigenvalue weighted by Crippen LogP contribution is -2.01. The van der Waals surface area contributed by atoms with Crippen LogP contribution in [-0.2, 0) is 25.4 Å². The highest BCUT2D eigenvalue weighted by molar-refractivity contribution is 7.90. The molecule has 0 bridgehead atoms.